The van der Waals surface area contributed by atoms with Crippen molar-refractivity contribution in [2.24, 2.45) is 10.2 Å². The van der Waals surface area contributed by atoms with E-state index in [2.05, 4.69) is 42.9 Å². The van der Waals surface area contributed by atoms with Crippen LogP contribution >= 0.6 is 15.9 Å². The van der Waals surface area contributed by atoms with Gasteiger partial charge in [-0.25, -0.2) is 4.98 Å². The Balaban J connectivity index is 1.61. The number of nitrogens with zero attached hydrogens (tertiary/aromatic N) is 5. The molecule has 0 bridgehead atoms. The van der Waals surface area contributed by atoms with Crippen LogP contribution in [0, 0.1) is 18.3 Å². The number of azo groups is 1. The van der Waals surface area contributed by atoms with E-state index in [-0.39, 0.29) is 11.5 Å². The summed E-state index contributed by atoms with van der Waals surface area (Å²) in [6.07, 6.45) is 0. The van der Waals surface area contributed by atoms with E-state index in [1.807, 2.05) is 60.7 Å². The first-order valence-corrected chi connectivity index (χ1v) is 12.3. The Morgan fingerprint density at radius 3 is 2.00 bits per heavy atom. The molecule has 2 N–H and O–H groups in total. The summed E-state index contributed by atoms with van der Waals surface area (Å²) in [4.78, 5) is 30.6. The van der Waals surface area contributed by atoms with Gasteiger partial charge in [-0.15, -0.1) is 10.2 Å². The van der Waals surface area contributed by atoms with E-state index in [0.717, 1.165) is 16.3 Å². The second-order valence-corrected chi connectivity index (χ2v) is 9.32. The summed E-state index contributed by atoms with van der Waals surface area (Å²) in [6.45, 7) is 1.77. The van der Waals surface area contributed by atoms with Crippen LogP contribution in [-0.4, -0.2) is 28.7 Å². The minimum absolute atomic E-state index is 0.257. The number of fused-ring (bicyclic) bond motifs is 1. The molecule has 9 nitrogen and oxygen atoms in total. The summed E-state index contributed by atoms with van der Waals surface area (Å²) in [5, 5.41) is 25.3. The van der Waals surface area contributed by atoms with Gasteiger partial charge in [-0.1, -0.05) is 36.4 Å². The molecule has 0 saturated heterocycles. The van der Waals surface area contributed by atoms with Crippen LogP contribution in [0.5, 0.6) is 0 Å². The predicted molar refractivity (Wildman–Crippen MR) is 148 cm³/mol. The molecule has 2 amide bonds. The van der Waals surface area contributed by atoms with Gasteiger partial charge in [0.05, 0.1) is 16.7 Å². The number of anilines is 4. The summed E-state index contributed by atoms with van der Waals surface area (Å²) in [5.74, 6) is -0.0114. The highest BCUT2D eigenvalue weighted by molar-refractivity contribution is 9.10. The number of aromatic nitrogens is 1. The second-order valence-electron chi connectivity index (χ2n) is 8.47. The maximum absolute atomic E-state index is 12.5. The lowest BCUT2D eigenvalue weighted by Crippen LogP contribution is -2.24. The number of benzene rings is 3. The van der Waals surface area contributed by atoms with Gasteiger partial charge in [-0.3, -0.25) is 14.5 Å². The molecule has 0 fully saturated rings. The van der Waals surface area contributed by atoms with Gasteiger partial charge in [0.1, 0.15) is 17.4 Å². The molecule has 38 heavy (non-hydrogen) atoms. The lowest BCUT2D eigenvalue weighted by atomic mass is 10.1. The number of pyridine rings is 1. The smallest absolute Gasteiger partial charge is 0.261 e. The normalized spacial score (nSPS) is 12.5. The van der Waals surface area contributed by atoms with Crippen molar-refractivity contribution in [1.82, 2.24) is 9.88 Å². The molecule has 1 aromatic heterocycles. The van der Waals surface area contributed by atoms with Gasteiger partial charge >= 0.3 is 0 Å². The van der Waals surface area contributed by atoms with Gasteiger partial charge in [0.25, 0.3) is 11.8 Å². The number of halogens is 1. The van der Waals surface area contributed by atoms with Crippen molar-refractivity contribution in [2.75, 3.05) is 17.7 Å². The van der Waals surface area contributed by atoms with Gasteiger partial charge in [0, 0.05) is 28.5 Å². The van der Waals surface area contributed by atoms with Gasteiger partial charge < -0.3 is 10.6 Å². The molecule has 3 aromatic carbocycles. The molecule has 0 saturated carbocycles. The quantitative estimate of drug-likeness (QED) is 0.189. The first-order chi connectivity index (χ1) is 18.4. The molecule has 10 heteroatoms. The largest absolute Gasteiger partial charge is 0.339 e. The van der Waals surface area contributed by atoms with Gasteiger partial charge in [-0.2, -0.15) is 5.26 Å². The Bertz CT molecular complexity index is 1650. The molecule has 1 aliphatic heterocycles. The minimum Gasteiger partial charge on any atom is -0.339 e. The van der Waals surface area contributed by atoms with E-state index in [4.69, 9.17) is 4.98 Å². The SMILES string of the molecule is Cc1c(C#N)c(Nc2ccccc2)nc(Nc2ccccc2)c1/N=N/c1cc2c(cc1Br)C(=O)N(C)C2=O. The number of hydrogen-bond acceptors (Lipinski definition) is 8. The number of hydrogen-bond donors (Lipinski definition) is 2. The van der Waals surface area contributed by atoms with Crippen LogP contribution in [0.15, 0.2) is 87.5 Å². The number of nitrogens with one attached hydrogen (secondary N) is 2. The number of carbonyl (C=O) groups excluding carboxylic acids is 2. The number of rotatable bonds is 6. The van der Waals surface area contributed by atoms with Crippen LogP contribution in [0.2, 0.25) is 0 Å². The molecule has 0 radical (unpaired) electrons. The maximum Gasteiger partial charge on any atom is 0.261 e. The van der Waals surface area contributed by atoms with Gasteiger partial charge in [-0.05, 0) is 59.3 Å². The van der Waals surface area contributed by atoms with Crippen LogP contribution in [0.1, 0.15) is 31.8 Å². The fourth-order valence-electron chi connectivity index (χ4n) is 4.00. The zero-order valence-electron chi connectivity index (χ0n) is 20.4. The fraction of sp³-hybridized carbons (Fsp3) is 0.0714. The molecule has 0 spiro atoms. The van der Waals surface area contributed by atoms with Crippen LogP contribution in [-0.2, 0) is 0 Å². The van der Waals surface area contributed by atoms with Crippen molar-refractivity contribution in [2.45, 2.75) is 6.92 Å². The molecule has 2 heterocycles. The zero-order chi connectivity index (χ0) is 26.8. The van der Waals surface area contributed by atoms with E-state index in [0.29, 0.717) is 44.2 Å². The Morgan fingerprint density at radius 2 is 1.42 bits per heavy atom. The third kappa shape index (κ3) is 4.63. The lowest BCUT2D eigenvalue weighted by Gasteiger charge is -2.16. The Kier molecular flexibility index (Phi) is 6.68. The average Bonchev–Trinajstić information content (AvgIpc) is 3.12. The van der Waals surface area contributed by atoms with Crippen LogP contribution in [0.3, 0.4) is 0 Å². The van der Waals surface area contributed by atoms with Crippen LogP contribution in [0.25, 0.3) is 0 Å². The van der Waals surface area contributed by atoms with Gasteiger partial charge in [0.2, 0.25) is 0 Å². The molecule has 1 aliphatic rings. The van der Waals surface area contributed by atoms with E-state index in [1.165, 1.54) is 13.1 Å². The zero-order valence-corrected chi connectivity index (χ0v) is 21.9. The molecule has 5 rings (SSSR count). The molecule has 186 valence electrons. The number of nitriles is 1. The summed E-state index contributed by atoms with van der Waals surface area (Å²) in [7, 11) is 1.44. The van der Waals surface area contributed by atoms with Crippen LogP contribution in [0.4, 0.5) is 34.4 Å². The molecular formula is C28H20BrN7O2. The average molecular weight is 566 g/mol. The van der Waals surface area contributed by atoms with Crippen molar-refractivity contribution in [3.8, 4) is 6.07 Å². The third-order valence-electron chi connectivity index (χ3n) is 6.01. The molecule has 0 aliphatic carbocycles. The van der Waals surface area contributed by atoms with E-state index in [1.54, 1.807) is 13.0 Å². The van der Waals surface area contributed by atoms with Crippen molar-refractivity contribution < 1.29 is 9.59 Å². The van der Waals surface area contributed by atoms with Crippen molar-refractivity contribution in [3.05, 3.63) is 99.5 Å². The highest BCUT2D eigenvalue weighted by Gasteiger charge is 2.33. The van der Waals surface area contributed by atoms with Gasteiger partial charge in [0.15, 0.2) is 11.6 Å². The van der Waals surface area contributed by atoms with Crippen molar-refractivity contribution in [3.63, 3.8) is 0 Å². The Morgan fingerprint density at radius 1 is 0.868 bits per heavy atom. The monoisotopic (exact) mass is 565 g/mol. The Hall–Kier alpha value is -4.88. The lowest BCUT2D eigenvalue weighted by molar-refractivity contribution is 0.0693. The van der Waals surface area contributed by atoms with E-state index < -0.39 is 5.91 Å². The van der Waals surface area contributed by atoms with Crippen molar-refractivity contribution in [1.29, 1.82) is 5.26 Å². The summed E-state index contributed by atoms with van der Waals surface area (Å²) >= 11 is 3.43. The number of para-hydroxylation sites is 2. The predicted octanol–water partition coefficient (Wildman–Crippen LogP) is 7.15. The second kappa shape index (κ2) is 10.2. The molecule has 0 atom stereocenters. The summed E-state index contributed by atoms with van der Waals surface area (Å²) < 4.78 is 0.502. The fourth-order valence-corrected chi connectivity index (χ4v) is 4.42. The Labute approximate surface area is 227 Å². The molecular weight excluding hydrogens is 546 g/mol. The summed E-state index contributed by atoms with van der Waals surface area (Å²) in [5.41, 5.74) is 3.71. The minimum atomic E-state index is -0.402. The standard InChI is InChI=1S/C28H20BrN7O2/c1-16-21(15-30)25(31-17-9-5-3-6-10-17)33-26(32-18-11-7-4-8-12-18)24(16)35-34-23-14-20-19(13-22(23)29)27(37)36(2)28(20)38/h3-14H,1-2H3,(H2,31,32,33)/b35-34+. The topological polar surface area (TPSA) is 123 Å². The number of amides is 2. The van der Waals surface area contributed by atoms with Crippen molar-refractivity contribution >= 4 is 62.1 Å². The third-order valence-corrected chi connectivity index (χ3v) is 6.65. The summed E-state index contributed by atoms with van der Waals surface area (Å²) in [6, 6.07) is 24.2. The molecule has 4 aromatic rings. The van der Waals surface area contributed by atoms with E-state index in [9.17, 15) is 14.9 Å². The number of carbonyl (C=O) groups is 2. The van der Waals surface area contributed by atoms with E-state index >= 15 is 0 Å². The molecule has 0 unspecified atom stereocenters. The highest BCUT2D eigenvalue weighted by atomic mass is 79.9. The first-order valence-electron chi connectivity index (χ1n) is 11.5. The number of imide groups is 1. The van der Waals surface area contributed by atoms with Crippen LogP contribution < -0.4 is 10.6 Å². The first kappa shape index (κ1) is 24.8. The maximum atomic E-state index is 12.5. The highest BCUT2D eigenvalue weighted by Crippen LogP contribution is 2.39.